The molecule has 1 rings (SSSR count). The lowest BCUT2D eigenvalue weighted by atomic mass is 9.90. The molecule has 4 atom stereocenters. The molecule has 0 saturated carbocycles. The number of Topliss-reactive ketones (excluding diaryl/α,β-unsaturated/α-hetero) is 1. The van der Waals surface area contributed by atoms with Crippen LogP contribution in [-0.2, 0) is 19.2 Å². The van der Waals surface area contributed by atoms with Gasteiger partial charge in [-0.2, -0.15) is 0 Å². The predicted octanol–water partition coefficient (Wildman–Crippen LogP) is -1.89. The second-order valence-corrected chi connectivity index (χ2v) is 8.22. The molecule has 4 unspecified atom stereocenters. The van der Waals surface area contributed by atoms with Gasteiger partial charge in [0.25, 0.3) is 0 Å². The van der Waals surface area contributed by atoms with Crippen LogP contribution >= 0.6 is 21.6 Å². The Morgan fingerprint density at radius 2 is 1.88 bits per heavy atom. The molecule has 1 aliphatic heterocycles. The fourth-order valence-corrected chi connectivity index (χ4v) is 4.73. The zero-order valence-electron chi connectivity index (χ0n) is 13.5. The fourth-order valence-electron chi connectivity index (χ4n) is 2.27. The van der Waals surface area contributed by atoms with Crippen LogP contribution in [-0.4, -0.2) is 85.6 Å². The fraction of sp³-hybridized carbons (Fsp3) is 0.692. The molecule has 1 saturated heterocycles. The summed E-state index contributed by atoms with van der Waals surface area (Å²) >= 11 is 0. The first-order valence-corrected chi connectivity index (χ1v) is 9.74. The van der Waals surface area contributed by atoms with Crippen LogP contribution in [0.25, 0.3) is 0 Å². The monoisotopic (exact) mass is 395 g/mol. The van der Waals surface area contributed by atoms with E-state index in [2.05, 4.69) is 0 Å². The van der Waals surface area contributed by atoms with Crippen molar-refractivity contribution in [2.24, 2.45) is 11.5 Å². The molecule has 0 bridgehead atoms. The Bertz CT molecular complexity index is 562. The number of aliphatic hydroxyl groups is 1. The lowest BCUT2D eigenvalue weighted by Gasteiger charge is -2.30. The molecule has 7 N–H and O–H groups in total. The van der Waals surface area contributed by atoms with E-state index in [1.807, 2.05) is 0 Å². The zero-order valence-corrected chi connectivity index (χ0v) is 15.1. The third-order valence-electron chi connectivity index (χ3n) is 3.74. The second kappa shape index (κ2) is 8.85. The summed E-state index contributed by atoms with van der Waals surface area (Å²) in [6, 6.07) is -2.23. The average Bonchev–Trinajstić information content (AvgIpc) is 2.91. The quantitative estimate of drug-likeness (QED) is 0.167. The zero-order chi connectivity index (χ0) is 19.4. The van der Waals surface area contributed by atoms with E-state index in [0.717, 1.165) is 26.5 Å². The van der Waals surface area contributed by atoms with Crippen LogP contribution < -0.4 is 11.5 Å². The first kappa shape index (κ1) is 21.7. The Balaban J connectivity index is 2.79. The number of aliphatic hydroxyl groups excluding tert-OH is 1. The minimum atomic E-state index is -2.27. The van der Waals surface area contributed by atoms with Crippen LogP contribution in [0.3, 0.4) is 0 Å². The Kier molecular flexibility index (Phi) is 7.68. The summed E-state index contributed by atoms with van der Waals surface area (Å²) in [5.41, 5.74) is 8.86. The summed E-state index contributed by atoms with van der Waals surface area (Å²) in [6.07, 6.45) is -1.00. The van der Waals surface area contributed by atoms with E-state index in [1.54, 1.807) is 0 Å². The van der Waals surface area contributed by atoms with Crippen molar-refractivity contribution in [3.05, 3.63) is 0 Å². The molecular formula is C13H21N3O7S2. The van der Waals surface area contributed by atoms with Crippen molar-refractivity contribution in [2.45, 2.75) is 37.1 Å². The number of likely N-dealkylation sites (tertiary alicyclic amines) is 1. The van der Waals surface area contributed by atoms with Crippen molar-refractivity contribution in [1.29, 1.82) is 0 Å². The molecule has 0 spiro atoms. The number of nitrogens with two attached hydrogens (primary N) is 2. The van der Waals surface area contributed by atoms with Crippen LogP contribution in [0.1, 0.15) is 13.3 Å². The Hall–Kier alpha value is -1.34. The van der Waals surface area contributed by atoms with Gasteiger partial charge in [0, 0.05) is 31.4 Å². The molecule has 0 aromatic rings. The van der Waals surface area contributed by atoms with Crippen LogP contribution in [0.15, 0.2) is 0 Å². The van der Waals surface area contributed by atoms with Crippen molar-refractivity contribution in [3.8, 4) is 0 Å². The summed E-state index contributed by atoms with van der Waals surface area (Å²) in [6.45, 7) is 1.16. The molecule has 1 amide bonds. The summed E-state index contributed by atoms with van der Waals surface area (Å²) in [7, 11) is 1.90. The average molecular weight is 395 g/mol. The summed E-state index contributed by atoms with van der Waals surface area (Å²) < 4.78 is 0. The van der Waals surface area contributed by atoms with Gasteiger partial charge in [0.15, 0.2) is 11.3 Å². The molecule has 1 fully saturated rings. The van der Waals surface area contributed by atoms with E-state index < -0.39 is 47.4 Å². The predicted molar refractivity (Wildman–Crippen MR) is 91.9 cm³/mol. The maximum Gasteiger partial charge on any atom is 0.332 e. The standard InChI is InChI=1S/C13H21N3O7S2/c1-6(17)16-3-7(18)2-9(16)10(19)13(15,12(22)23)5-25-24-4-8(14)11(20)21/h7-9,18H,2-5,14-15H2,1H3,(H,20,21)(H,22,23). The number of carboxylic acid groups (broad SMARTS) is 2. The number of β-amino-alcohol motifs (C(OH)–C–C–N with tert-alkyl or cyclic N) is 1. The van der Waals surface area contributed by atoms with Gasteiger partial charge in [0.1, 0.15) is 6.04 Å². The Labute approximate surface area is 151 Å². The van der Waals surface area contributed by atoms with Gasteiger partial charge in [-0.15, -0.1) is 0 Å². The number of nitrogens with zero attached hydrogens (tertiary/aromatic N) is 1. The number of amides is 1. The highest BCUT2D eigenvalue weighted by atomic mass is 33.1. The molecule has 1 aliphatic rings. The van der Waals surface area contributed by atoms with Crippen molar-refractivity contribution >= 4 is 45.2 Å². The van der Waals surface area contributed by atoms with E-state index in [1.165, 1.54) is 6.92 Å². The topological polar surface area (TPSA) is 184 Å². The largest absolute Gasteiger partial charge is 0.480 e. The molecule has 0 radical (unpaired) electrons. The molecule has 0 aromatic carbocycles. The van der Waals surface area contributed by atoms with Gasteiger partial charge in [0.2, 0.25) is 5.91 Å². The number of carboxylic acids is 2. The lowest BCUT2D eigenvalue weighted by molar-refractivity contribution is -0.150. The number of hydrogen-bond acceptors (Lipinski definition) is 9. The number of aliphatic carboxylic acids is 2. The summed E-state index contributed by atoms with van der Waals surface area (Å²) in [4.78, 5) is 47.5. The lowest BCUT2D eigenvalue weighted by Crippen LogP contribution is -2.62. The molecule has 142 valence electrons. The van der Waals surface area contributed by atoms with Gasteiger partial charge in [-0.3, -0.25) is 14.4 Å². The van der Waals surface area contributed by atoms with Gasteiger partial charge in [-0.1, -0.05) is 21.6 Å². The van der Waals surface area contributed by atoms with Gasteiger partial charge < -0.3 is 31.7 Å². The van der Waals surface area contributed by atoms with Crippen molar-refractivity contribution < 1.29 is 34.5 Å². The molecule has 12 heteroatoms. The van der Waals surface area contributed by atoms with Gasteiger partial charge in [-0.25, -0.2) is 4.79 Å². The van der Waals surface area contributed by atoms with Crippen LogP contribution in [0, 0.1) is 0 Å². The highest BCUT2D eigenvalue weighted by molar-refractivity contribution is 8.76. The number of rotatable bonds is 9. The smallest absolute Gasteiger partial charge is 0.332 e. The van der Waals surface area contributed by atoms with Gasteiger partial charge in [-0.05, 0) is 0 Å². The molecular weight excluding hydrogens is 374 g/mol. The van der Waals surface area contributed by atoms with E-state index >= 15 is 0 Å². The third-order valence-corrected chi connectivity index (χ3v) is 6.24. The maximum atomic E-state index is 12.7. The van der Waals surface area contributed by atoms with Gasteiger partial charge in [0.05, 0.1) is 12.1 Å². The van der Waals surface area contributed by atoms with Crippen LogP contribution in [0.4, 0.5) is 0 Å². The highest BCUT2D eigenvalue weighted by Crippen LogP contribution is 2.29. The van der Waals surface area contributed by atoms with Crippen molar-refractivity contribution in [1.82, 2.24) is 4.90 Å². The minimum absolute atomic E-state index is 0.00556. The normalized spacial score (nSPS) is 23.8. The van der Waals surface area contributed by atoms with Crippen LogP contribution in [0.2, 0.25) is 0 Å². The SMILES string of the molecule is CC(=O)N1CC(O)CC1C(=O)C(N)(CSSCC(N)C(=O)O)C(=O)O. The Morgan fingerprint density at radius 3 is 2.36 bits per heavy atom. The minimum Gasteiger partial charge on any atom is -0.480 e. The molecule has 1 heterocycles. The molecule has 10 nitrogen and oxygen atoms in total. The highest BCUT2D eigenvalue weighted by Gasteiger charge is 2.50. The van der Waals surface area contributed by atoms with E-state index in [4.69, 9.17) is 16.6 Å². The number of ketones is 1. The molecule has 25 heavy (non-hydrogen) atoms. The van der Waals surface area contributed by atoms with Crippen LogP contribution in [0.5, 0.6) is 0 Å². The summed E-state index contributed by atoms with van der Waals surface area (Å²) in [5, 5.41) is 27.8. The molecule has 0 aromatic heterocycles. The van der Waals surface area contributed by atoms with Crippen molar-refractivity contribution in [2.75, 3.05) is 18.1 Å². The number of hydrogen-bond donors (Lipinski definition) is 5. The van der Waals surface area contributed by atoms with Gasteiger partial charge >= 0.3 is 11.9 Å². The van der Waals surface area contributed by atoms with E-state index in [9.17, 15) is 29.4 Å². The Morgan fingerprint density at radius 1 is 1.28 bits per heavy atom. The number of carbonyl (C=O) groups is 4. The second-order valence-electron chi connectivity index (χ2n) is 5.71. The first-order valence-electron chi connectivity index (χ1n) is 7.25. The summed E-state index contributed by atoms with van der Waals surface area (Å²) in [5.74, 6) is -4.42. The van der Waals surface area contributed by atoms with E-state index in [0.29, 0.717) is 0 Å². The van der Waals surface area contributed by atoms with Crippen molar-refractivity contribution in [3.63, 3.8) is 0 Å². The molecule has 0 aliphatic carbocycles. The maximum absolute atomic E-state index is 12.7. The van der Waals surface area contributed by atoms with E-state index in [-0.39, 0.29) is 24.5 Å². The number of carbonyl (C=O) groups excluding carboxylic acids is 2. The third kappa shape index (κ3) is 5.31. The first-order chi connectivity index (χ1) is 11.5.